The normalized spacial score (nSPS) is 37.9. The Bertz CT molecular complexity index is 433. The Morgan fingerprint density at radius 1 is 1.16 bits per heavy atom. The molecule has 1 saturated carbocycles. The van der Waals surface area contributed by atoms with Crippen molar-refractivity contribution in [1.82, 2.24) is 0 Å². The number of fused-ring (bicyclic) bond motifs is 1. The molecule has 0 unspecified atom stereocenters. The van der Waals surface area contributed by atoms with Crippen molar-refractivity contribution in [3.63, 3.8) is 0 Å². The topological polar surface area (TPSA) is 37.3 Å². The highest BCUT2D eigenvalue weighted by Gasteiger charge is 2.58. The molecule has 2 aliphatic carbocycles. The van der Waals surface area contributed by atoms with E-state index in [1.165, 1.54) is 30.4 Å². The van der Waals surface area contributed by atoms with Crippen molar-refractivity contribution in [2.75, 3.05) is 0 Å². The zero-order valence-electron chi connectivity index (χ0n) is 13.1. The highest BCUT2D eigenvalue weighted by atomic mass is 16.4. The molecule has 2 heteroatoms. The summed E-state index contributed by atoms with van der Waals surface area (Å²) in [5.74, 6) is -0.678. The molecule has 0 amide bonds. The van der Waals surface area contributed by atoms with Crippen LogP contribution in [0.15, 0.2) is 11.1 Å². The Kier molecular flexibility index (Phi) is 3.35. The van der Waals surface area contributed by atoms with E-state index in [9.17, 15) is 9.90 Å². The van der Waals surface area contributed by atoms with Gasteiger partial charge in [-0.3, -0.25) is 4.79 Å². The second-order valence-electron chi connectivity index (χ2n) is 7.73. The molecule has 1 N–H and O–H groups in total. The van der Waals surface area contributed by atoms with Crippen LogP contribution in [0.3, 0.4) is 0 Å². The highest BCUT2D eigenvalue weighted by Crippen LogP contribution is 2.67. The Balaban J connectivity index is 2.53. The smallest absolute Gasteiger partial charge is 0.307 e. The van der Waals surface area contributed by atoms with E-state index in [2.05, 4.69) is 34.6 Å². The van der Waals surface area contributed by atoms with E-state index in [4.69, 9.17) is 0 Å². The summed E-state index contributed by atoms with van der Waals surface area (Å²) in [6.07, 6.45) is 6.12. The zero-order valence-corrected chi connectivity index (χ0v) is 13.1. The lowest BCUT2D eigenvalue weighted by molar-refractivity contribution is -0.138. The van der Waals surface area contributed by atoms with Crippen LogP contribution in [0.4, 0.5) is 0 Å². The Morgan fingerprint density at radius 2 is 1.79 bits per heavy atom. The summed E-state index contributed by atoms with van der Waals surface area (Å²) in [5, 5.41) is 9.27. The van der Waals surface area contributed by atoms with Gasteiger partial charge in [0.05, 0.1) is 6.42 Å². The molecule has 19 heavy (non-hydrogen) atoms. The van der Waals surface area contributed by atoms with Gasteiger partial charge < -0.3 is 5.11 Å². The van der Waals surface area contributed by atoms with Gasteiger partial charge in [0.15, 0.2) is 0 Å². The summed E-state index contributed by atoms with van der Waals surface area (Å²) in [4.78, 5) is 11.3. The predicted molar refractivity (Wildman–Crippen MR) is 78.0 cm³/mol. The van der Waals surface area contributed by atoms with E-state index in [1.807, 2.05) is 0 Å². The molecule has 0 aromatic rings. The third-order valence-corrected chi connectivity index (χ3v) is 6.70. The zero-order chi connectivity index (χ0) is 14.5. The van der Waals surface area contributed by atoms with Gasteiger partial charge in [-0.15, -0.1) is 0 Å². The van der Waals surface area contributed by atoms with E-state index >= 15 is 0 Å². The molecule has 2 atom stereocenters. The SMILES string of the molecule is CC1=C(CC(=O)O)[C@@]2(C)CCCC(C)(C)[C@]2(C)CC1. The maximum atomic E-state index is 11.3. The average molecular weight is 264 g/mol. The summed E-state index contributed by atoms with van der Waals surface area (Å²) < 4.78 is 0. The van der Waals surface area contributed by atoms with Crippen molar-refractivity contribution in [2.24, 2.45) is 16.2 Å². The Labute approximate surface area is 117 Å². The maximum absolute atomic E-state index is 11.3. The first-order valence-corrected chi connectivity index (χ1v) is 7.55. The summed E-state index contributed by atoms with van der Waals surface area (Å²) in [6.45, 7) is 11.6. The minimum atomic E-state index is -0.678. The van der Waals surface area contributed by atoms with E-state index < -0.39 is 5.97 Å². The van der Waals surface area contributed by atoms with E-state index in [0.29, 0.717) is 5.41 Å². The molecule has 1 fully saturated rings. The summed E-state index contributed by atoms with van der Waals surface area (Å²) in [5.41, 5.74) is 3.14. The van der Waals surface area contributed by atoms with Crippen LogP contribution in [0.1, 0.15) is 73.1 Å². The quantitative estimate of drug-likeness (QED) is 0.728. The first-order valence-electron chi connectivity index (χ1n) is 7.55. The van der Waals surface area contributed by atoms with Gasteiger partial charge in [-0.1, -0.05) is 45.3 Å². The number of aliphatic carboxylic acids is 1. The molecule has 108 valence electrons. The number of carboxylic acids is 1. The molecule has 0 aromatic carbocycles. The van der Waals surface area contributed by atoms with Crippen LogP contribution in [-0.4, -0.2) is 11.1 Å². The molecule has 0 bridgehead atoms. The minimum Gasteiger partial charge on any atom is -0.481 e. The van der Waals surface area contributed by atoms with Gasteiger partial charge in [0.1, 0.15) is 0 Å². The second kappa shape index (κ2) is 4.36. The molecular formula is C17H28O2. The second-order valence-corrected chi connectivity index (χ2v) is 7.73. The van der Waals surface area contributed by atoms with Gasteiger partial charge in [-0.2, -0.15) is 0 Å². The van der Waals surface area contributed by atoms with Crippen LogP contribution in [0.5, 0.6) is 0 Å². The van der Waals surface area contributed by atoms with Gasteiger partial charge in [0, 0.05) is 0 Å². The molecule has 2 aliphatic rings. The van der Waals surface area contributed by atoms with Crippen molar-refractivity contribution in [2.45, 2.75) is 73.1 Å². The van der Waals surface area contributed by atoms with Crippen LogP contribution in [0, 0.1) is 16.2 Å². The summed E-state index contributed by atoms with van der Waals surface area (Å²) in [7, 11) is 0. The van der Waals surface area contributed by atoms with Crippen LogP contribution in [0.2, 0.25) is 0 Å². The number of allylic oxidation sites excluding steroid dienone is 1. The summed E-state index contributed by atoms with van der Waals surface area (Å²) >= 11 is 0. The molecule has 2 rings (SSSR count). The Morgan fingerprint density at radius 3 is 2.37 bits per heavy atom. The molecule has 2 nitrogen and oxygen atoms in total. The standard InChI is InChI=1S/C17H28O2/c1-12-7-10-17(5)15(2,3)8-6-9-16(17,4)13(12)11-14(18)19/h6-11H2,1-5H3,(H,18,19)/t16-,17+/m1/s1. The van der Waals surface area contributed by atoms with Crippen molar-refractivity contribution < 1.29 is 9.90 Å². The fourth-order valence-electron chi connectivity index (χ4n) is 4.84. The van der Waals surface area contributed by atoms with Gasteiger partial charge >= 0.3 is 5.97 Å². The molecular weight excluding hydrogens is 236 g/mol. The third-order valence-electron chi connectivity index (χ3n) is 6.70. The number of carboxylic acid groups (broad SMARTS) is 1. The lowest BCUT2D eigenvalue weighted by Gasteiger charge is -2.62. The summed E-state index contributed by atoms with van der Waals surface area (Å²) in [6, 6.07) is 0. The van der Waals surface area contributed by atoms with Crippen LogP contribution < -0.4 is 0 Å². The fraction of sp³-hybridized carbons (Fsp3) is 0.824. The van der Waals surface area contributed by atoms with Gasteiger partial charge in [-0.25, -0.2) is 0 Å². The predicted octanol–water partition coefficient (Wildman–Crippen LogP) is 4.79. The molecule has 0 aliphatic heterocycles. The lowest BCUT2D eigenvalue weighted by atomic mass is 9.42. The van der Waals surface area contributed by atoms with E-state index in [1.54, 1.807) is 0 Å². The van der Waals surface area contributed by atoms with Crippen LogP contribution in [0.25, 0.3) is 0 Å². The fourth-order valence-corrected chi connectivity index (χ4v) is 4.84. The van der Waals surface area contributed by atoms with Gasteiger partial charge in [-0.05, 0) is 48.9 Å². The van der Waals surface area contributed by atoms with Crippen LogP contribution >= 0.6 is 0 Å². The van der Waals surface area contributed by atoms with Gasteiger partial charge in [0.25, 0.3) is 0 Å². The molecule has 0 saturated heterocycles. The first-order chi connectivity index (χ1) is 8.64. The van der Waals surface area contributed by atoms with Crippen molar-refractivity contribution in [3.8, 4) is 0 Å². The molecule has 0 radical (unpaired) electrons. The third kappa shape index (κ3) is 1.95. The maximum Gasteiger partial charge on any atom is 0.307 e. The van der Waals surface area contributed by atoms with Crippen LogP contribution in [-0.2, 0) is 4.79 Å². The lowest BCUT2D eigenvalue weighted by Crippen LogP contribution is -2.54. The number of carbonyl (C=O) groups is 1. The number of hydrogen-bond acceptors (Lipinski definition) is 1. The molecule has 0 heterocycles. The Hall–Kier alpha value is -0.790. The largest absolute Gasteiger partial charge is 0.481 e. The van der Waals surface area contributed by atoms with Crippen molar-refractivity contribution in [1.29, 1.82) is 0 Å². The molecule has 0 aromatic heterocycles. The highest BCUT2D eigenvalue weighted by molar-refractivity contribution is 5.71. The first kappa shape index (κ1) is 14.6. The van der Waals surface area contributed by atoms with E-state index in [0.717, 1.165) is 12.8 Å². The minimum absolute atomic E-state index is 0.0650. The monoisotopic (exact) mass is 264 g/mol. The number of rotatable bonds is 2. The number of hydrogen-bond donors (Lipinski definition) is 1. The molecule has 0 spiro atoms. The van der Waals surface area contributed by atoms with Crippen molar-refractivity contribution >= 4 is 5.97 Å². The van der Waals surface area contributed by atoms with E-state index in [-0.39, 0.29) is 17.3 Å². The average Bonchev–Trinajstić information content (AvgIpc) is 2.28. The van der Waals surface area contributed by atoms with Crippen molar-refractivity contribution in [3.05, 3.63) is 11.1 Å². The van der Waals surface area contributed by atoms with Gasteiger partial charge in [0.2, 0.25) is 0 Å².